The van der Waals surface area contributed by atoms with Crippen molar-refractivity contribution in [2.45, 2.75) is 13.8 Å². The largest absolute Gasteiger partial charge is 0.296 e. The van der Waals surface area contributed by atoms with E-state index in [1.165, 1.54) is 38.9 Å². The third-order valence-corrected chi connectivity index (χ3v) is 8.11. The first-order chi connectivity index (χ1) is 20.6. The summed E-state index contributed by atoms with van der Waals surface area (Å²) in [5.41, 5.74) is 13.9. The minimum absolute atomic E-state index is 1.02. The van der Waals surface area contributed by atoms with Crippen molar-refractivity contribution >= 4 is 11.0 Å². The van der Waals surface area contributed by atoms with Crippen molar-refractivity contribution < 1.29 is 4.57 Å². The standard InChI is InChI=1S/C39H32N3/c1-27-23-28(2)40-26-35(27)39-41(3)36-21-13-14-22-37(36)42(39)38-33(30-17-9-5-10-18-30)24-32(29-15-7-4-8-16-29)25-34(38)31-19-11-6-12-20-31/h4-26H,1-3H3/q+1. The Morgan fingerprint density at radius 3 is 1.64 bits per heavy atom. The summed E-state index contributed by atoms with van der Waals surface area (Å²) in [7, 11) is 2.16. The van der Waals surface area contributed by atoms with Crippen LogP contribution in [0.15, 0.2) is 140 Å². The van der Waals surface area contributed by atoms with Gasteiger partial charge in [0.1, 0.15) is 5.69 Å². The lowest BCUT2D eigenvalue weighted by molar-refractivity contribution is -0.633. The van der Waals surface area contributed by atoms with Crippen molar-refractivity contribution in [3.05, 3.63) is 151 Å². The fourth-order valence-corrected chi connectivity index (χ4v) is 6.12. The quantitative estimate of drug-likeness (QED) is 0.199. The van der Waals surface area contributed by atoms with Crippen LogP contribution in [-0.2, 0) is 7.05 Å². The minimum atomic E-state index is 1.02. The zero-order valence-corrected chi connectivity index (χ0v) is 24.1. The van der Waals surface area contributed by atoms with E-state index >= 15 is 0 Å². The molecule has 0 unspecified atom stereocenters. The highest BCUT2D eigenvalue weighted by Gasteiger charge is 2.31. The summed E-state index contributed by atoms with van der Waals surface area (Å²) in [6.07, 6.45) is 2.03. The summed E-state index contributed by atoms with van der Waals surface area (Å²) in [5, 5.41) is 0. The van der Waals surface area contributed by atoms with Gasteiger partial charge >= 0.3 is 0 Å². The van der Waals surface area contributed by atoms with Gasteiger partial charge in [-0.25, -0.2) is 4.57 Å². The predicted octanol–water partition coefficient (Wildman–Crippen LogP) is 9.13. The Balaban J connectivity index is 1.68. The molecule has 0 bridgehead atoms. The molecular formula is C39H32N3+. The number of aryl methyl sites for hydroxylation is 3. The zero-order chi connectivity index (χ0) is 28.6. The third-order valence-electron chi connectivity index (χ3n) is 8.11. The van der Waals surface area contributed by atoms with Crippen molar-refractivity contribution in [1.82, 2.24) is 9.55 Å². The maximum atomic E-state index is 4.75. The van der Waals surface area contributed by atoms with Crippen molar-refractivity contribution in [1.29, 1.82) is 0 Å². The molecule has 0 amide bonds. The van der Waals surface area contributed by atoms with E-state index in [1.807, 2.05) is 6.20 Å². The van der Waals surface area contributed by atoms with Gasteiger partial charge in [-0.1, -0.05) is 103 Å². The molecule has 5 aromatic carbocycles. The highest BCUT2D eigenvalue weighted by molar-refractivity contribution is 5.94. The highest BCUT2D eigenvalue weighted by Crippen LogP contribution is 2.42. The molecular weight excluding hydrogens is 510 g/mol. The molecule has 0 fully saturated rings. The molecule has 3 heteroatoms. The minimum Gasteiger partial charge on any atom is -0.261 e. The second-order valence-electron chi connectivity index (χ2n) is 10.9. The number of nitrogens with zero attached hydrogens (tertiary/aromatic N) is 3. The van der Waals surface area contributed by atoms with Crippen LogP contribution < -0.4 is 4.57 Å². The summed E-state index contributed by atoms with van der Waals surface area (Å²) >= 11 is 0. The topological polar surface area (TPSA) is 21.7 Å². The SMILES string of the molecule is Cc1cc(C)c(-c2n(-c3c(-c4ccccc4)cc(-c4ccccc4)cc3-c3ccccc3)c3ccccc3[n+]2C)cn1. The number of pyridine rings is 1. The molecule has 0 aliphatic carbocycles. The molecule has 0 aliphatic heterocycles. The molecule has 7 rings (SSSR count). The second kappa shape index (κ2) is 10.6. The van der Waals surface area contributed by atoms with Crippen LogP contribution in [0, 0.1) is 13.8 Å². The van der Waals surface area contributed by atoms with Crippen molar-refractivity contribution in [3.63, 3.8) is 0 Å². The molecule has 0 saturated heterocycles. The molecule has 0 aliphatic rings. The first-order valence-electron chi connectivity index (χ1n) is 14.4. The van der Waals surface area contributed by atoms with Gasteiger partial charge in [0.15, 0.2) is 11.0 Å². The monoisotopic (exact) mass is 542 g/mol. The van der Waals surface area contributed by atoms with Gasteiger partial charge in [0.25, 0.3) is 5.82 Å². The van der Waals surface area contributed by atoms with Gasteiger partial charge in [0, 0.05) is 23.0 Å². The van der Waals surface area contributed by atoms with Crippen LogP contribution in [0.2, 0.25) is 0 Å². The van der Waals surface area contributed by atoms with Crippen LogP contribution in [0.25, 0.3) is 61.5 Å². The van der Waals surface area contributed by atoms with Crippen LogP contribution in [0.1, 0.15) is 11.3 Å². The Kier molecular flexibility index (Phi) is 6.48. The summed E-state index contributed by atoms with van der Waals surface area (Å²) in [6.45, 7) is 4.23. The Labute approximate surface area is 247 Å². The number of hydrogen-bond acceptors (Lipinski definition) is 1. The molecule has 3 nitrogen and oxygen atoms in total. The lowest BCUT2D eigenvalue weighted by Crippen LogP contribution is -2.30. The summed E-state index contributed by atoms with van der Waals surface area (Å²) in [5.74, 6) is 1.10. The van der Waals surface area contributed by atoms with Crippen LogP contribution in [0.4, 0.5) is 0 Å². The number of para-hydroxylation sites is 2. The van der Waals surface area contributed by atoms with E-state index in [2.05, 4.69) is 163 Å². The number of benzene rings is 5. The highest BCUT2D eigenvalue weighted by atomic mass is 15.2. The van der Waals surface area contributed by atoms with Crippen LogP contribution in [0.3, 0.4) is 0 Å². The van der Waals surface area contributed by atoms with Gasteiger partial charge in [0.05, 0.1) is 12.6 Å². The van der Waals surface area contributed by atoms with Crippen molar-refractivity contribution in [3.8, 4) is 50.5 Å². The number of aromatic nitrogens is 3. The van der Waals surface area contributed by atoms with E-state index in [0.29, 0.717) is 0 Å². The summed E-state index contributed by atoms with van der Waals surface area (Å²) in [4.78, 5) is 4.75. The van der Waals surface area contributed by atoms with Gasteiger partial charge < -0.3 is 0 Å². The van der Waals surface area contributed by atoms with E-state index < -0.39 is 0 Å². The van der Waals surface area contributed by atoms with Crippen LogP contribution in [-0.4, -0.2) is 9.55 Å². The van der Waals surface area contributed by atoms with E-state index in [-0.39, 0.29) is 0 Å². The number of imidazole rings is 1. The summed E-state index contributed by atoms with van der Waals surface area (Å²) in [6, 6.07) is 47.8. The zero-order valence-electron chi connectivity index (χ0n) is 24.1. The van der Waals surface area contributed by atoms with Gasteiger partial charge in [-0.15, -0.1) is 0 Å². The maximum Gasteiger partial charge on any atom is 0.296 e. The molecule has 0 N–H and O–H groups in total. The maximum absolute atomic E-state index is 4.75. The predicted molar refractivity (Wildman–Crippen MR) is 173 cm³/mol. The van der Waals surface area contributed by atoms with E-state index in [1.54, 1.807) is 0 Å². The molecule has 0 radical (unpaired) electrons. The first kappa shape index (κ1) is 25.7. The molecule has 0 saturated carbocycles. The molecule has 2 aromatic heterocycles. The molecule has 0 spiro atoms. The lowest BCUT2D eigenvalue weighted by atomic mass is 9.90. The fourth-order valence-electron chi connectivity index (χ4n) is 6.12. The third kappa shape index (κ3) is 4.40. The Morgan fingerprint density at radius 2 is 1.07 bits per heavy atom. The van der Waals surface area contributed by atoms with Gasteiger partial charge in [-0.2, -0.15) is 4.57 Å². The fraction of sp³-hybridized carbons (Fsp3) is 0.0769. The van der Waals surface area contributed by atoms with E-state index in [9.17, 15) is 0 Å². The smallest absolute Gasteiger partial charge is 0.261 e. The van der Waals surface area contributed by atoms with Crippen molar-refractivity contribution in [2.24, 2.45) is 7.05 Å². The molecule has 7 aromatic rings. The van der Waals surface area contributed by atoms with Crippen LogP contribution in [0.5, 0.6) is 0 Å². The number of rotatable bonds is 5. The van der Waals surface area contributed by atoms with Gasteiger partial charge in [-0.3, -0.25) is 4.98 Å². The second-order valence-corrected chi connectivity index (χ2v) is 10.9. The van der Waals surface area contributed by atoms with Gasteiger partial charge in [0.2, 0.25) is 0 Å². The molecule has 202 valence electrons. The average molecular weight is 543 g/mol. The molecule has 42 heavy (non-hydrogen) atoms. The van der Waals surface area contributed by atoms with E-state index in [4.69, 9.17) is 4.98 Å². The Morgan fingerprint density at radius 1 is 0.548 bits per heavy atom. The normalized spacial score (nSPS) is 11.2. The molecule has 0 atom stereocenters. The summed E-state index contributed by atoms with van der Waals surface area (Å²) < 4.78 is 4.76. The number of fused-ring (bicyclic) bond motifs is 1. The Bertz CT molecular complexity index is 1980. The van der Waals surface area contributed by atoms with E-state index in [0.717, 1.165) is 33.8 Å². The van der Waals surface area contributed by atoms with Gasteiger partial charge in [-0.05, 0) is 72.0 Å². The first-order valence-corrected chi connectivity index (χ1v) is 14.4. The molecule has 2 heterocycles. The number of hydrogen-bond donors (Lipinski definition) is 0. The Hall–Kier alpha value is -5.28. The van der Waals surface area contributed by atoms with Crippen molar-refractivity contribution in [2.75, 3.05) is 0 Å². The van der Waals surface area contributed by atoms with Crippen LogP contribution >= 0.6 is 0 Å². The average Bonchev–Trinajstić information content (AvgIpc) is 3.33. The lowest BCUT2D eigenvalue weighted by Gasteiger charge is -2.18.